The predicted molar refractivity (Wildman–Crippen MR) is 150 cm³/mol. The maximum Gasteiger partial charge on any atom is -0.00206 e. The van der Waals surface area contributed by atoms with Gasteiger partial charge in [0.15, 0.2) is 0 Å². The van der Waals surface area contributed by atoms with Gasteiger partial charge in [-0.3, -0.25) is 0 Å². The standard InChI is InChI=1S/C34H32/c1-33(2,3)25-15-12-24-18-26(34(4,5)6)20-30(29(24)19-25)27-16-13-23-11-10-21-8-7-9-22-14-17-28(27)32(23)31(21)22/h7-20H,1-6H3. The summed E-state index contributed by atoms with van der Waals surface area (Å²) >= 11 is 0. The van der Waals surface area contributed by atoms with E-state index < -0.39 is 0 Å². The highest BCUT2D eigenvalue weighted by Gasteiger charge is 2.21. The van der Waals surface area contributed by atoms with E-state index in [9.17, 15) is 0 Å². The Morgan fingerprint density at radius 2 is 1.00 bits per heavy atom. The topological polar surface area (TPSA) is 0 Å². The van der Waals surface area contributed by atoms with E-state index in [4.69, 9.17) is 0 Å². The van der Waals surface area contributed by atoms with E-state index in [0.717, 1.165) is 0 Å². The first-order valence-electron chi connectivity index (χ1n) is 12.4. The highest BCUT2D eigenvalue weighted by Crippen LogP contribution is 2.43. The summed E-state index contributed by atoms with van der Waals surface area (Å²) < 4.78 is 0. The fraction of sp³-hybridized carbons (Fsp3) is 0.235. The summed E-state index contributed by atoms with van der Waals surface area (Å²) in [5.41, 5.74) is 5.61. The van der Waals surface area contributed by atoms with Gasteiger partial charge < -0.3 is 0 Å². The Kier molecular flexibility index (Phi) is 4.40. The fourth-order valence-corrected chi connectivity index (χ4v) is 5.45. The molecule has 6 rings (SSSR count). The molecule has 6 aromatic rings. The zero-order valence-electron chi connectivity index (χ0n) is 21.1. The monoisotopic (exact) mass is 440 g/mol. The molecule has 0 aliphatic carbocycles. The van der Waals surface area contributed by atoms with Gasteiger partial charge in [-0.15, -0.1) is 0 Å². The molecule has 0 saturated carbocycles. The van der Waals surface area contributed by atoms with E-state index in [2.05, 4.69) is 126 Å². The SMILES string of the molecule is CC(C)(C)c1cc(-c2ccc3ccc4cccc5ccc2c3c45)c2cc(C(C)(C)C)ccc2c1. The molecule has 0 saturated heterocycles. The Morgan fingerprint density at radius 3 is 1.68 bits per heavy atom. The van der Waals surface area contributed by atoms with Gasteiger partial charge in [0.2, 0.25) is 0 Å². The number of fused-ring (bicyclic) bond motifs is 1. The van der Waals surface area contributed by atoms with Crippen LogP contribution < -0.4 is 0 Å². The van der Waals surface area contributed by atoms with Crippen molar-refractivity contribution in [3.63, 3.8) is 0 Å². The summed E-state index contributed by atoms with van der Waals surface area (Å²) in [5, 5.41) is 10.7. The Hall–Kier alpha value is -3.38. The first-order valence-corrected chi connectivity index (χ1v) is 12.4. The van der Waals surface area contributed by atoms with Crippen molar-refractivity contribution < 1.29 is 0 Å². The summed E-state index contributed by atoms with van der Waals surface area (Å²) in [4.78, 5) is 0. The van der Waals surface area contributed by atoms with Crippen LogP contribution in [-0.2, 0) is 10.8 Å². The molecular weight excluding hydrogens is 408 g/mol. The van der Waals surface area contributed by atoms with Crippen LogP contribution in [0.1, 0.15) is 52.7 Å². The molecule has 0 aliphatic rings. The third-order valence-corrected chi connectivity index (χ3v) is 7.51. The first-order chi connectivity index (χ1) is 16.1. The number of rotatable bonds is 1. The Balaban J connectivity index is 1.77. The van der Waals surface area contributed by atoms with E-state index in [0.29, 0.717) is 0 Å². The second kappa shape index (κ2) is 7.06. The number of benzene rings is 6. The maximum absolute atomic E-state index is 2.45. The quantitative estimate of drug-likeness (QED) is 0.223. The van der Waals surface area contributed by atoms with Crippen LogP contribution >= 0.6 is 0 Å². The minimum atomic E-state index is 0.0788. The van der Waals surface area contributed by atoms with Crippen molar-refractivity contribution in [2.45, 2.75) is 52.4 Å². The van der Waals surface area contributed by atoms with E-state index in [1.807, 2.05) is 0 Å². The molecule has 0 fully saturated rings. The smallest absolute Gasteiger partial charge is 0.00206 e. The molecule has 0 spiro atoms. The molecule has 0 unspecified atom stereocenters. The molecule has 0 heterocycles. The molecule has 0 aromatic heterocycles. The molecule has 0 bridgehead atoms. The van der Waals surface area contributed by atoms with Gasteiger partial charge >= 0.3 is 0 Å². The summed E-state index contributed by atoms with van der Waals surface area (Å²) in [5.74, 6) is 0. The first kappa shape index (κ1) is 21.2. The van der Waals surface area contributed by atoms with Gasteiger partial charge in [0.25, 0.3) is 0 Å². The highest BCUT2D eigenvalue weighted by molar-refractivity contribution is 6.26. The van der Waals surface area contributed by atoms with Gasteiger partial charge in [-0.25, -0.2) is 0 Å². The normalized spacial score (nSPS) is 13.0. The molecule has 0 radical (unpaired) electrons. The van der Waals surface area contributed by atoms with Crippen LogP contribution in [0, 0.1) is 0 Å². The second-order valence-electron chi connectivity index (χ2n) is 11.9. The third-order valence-electron chi connectivity index (χ3n) is 7.51. The number of hydrogen-bond acceptors (Lipinski definition) is 0. The van der Waals surface area contributed by atoms with Crippen molar-refractivity contribution in [3.05, 3.63) is 96.1 Å². The summed E-state index contributed by atoms with van der Waals surface area (Å²) in [6.45, 7) is 13.8. The third kappa shape index (κ3) is 3.20. The average Bonchev–Trinajstić information content (AvgIpc) is 2.80. The van der Waals surface area contributed by atoms with Crippen molar-refractivity contribution >= 4 is 43.1 Å². The molecule has 0 heteroatoms. The second-order valence-corrected chi connectivity index (χ2v) is 11.9. The van der Waals surface area contributed by atoms with E-state index in [1.54, 1.807) is 0 Å². The van der Waals surface area contributed by atoms with Gasteiger partial charge in [-0.1, -0.05) is 120 Å². The van der Waals surface area contributed by atoms with Gasteiger partial charge in [0, 0.05) is 0 Å². The lowest BCUT2D eigenvalue weighted by molar-refractivity contribution is 0.589. The average molecular weight is 441 g/mol. The van der Waals surface area contributed by atoms with Gasteiger partial charge in [-0.05, 0) is 82.2 Å². The predicted octanol–water partition coefficient (Wildman–Crippen LogP) is 10.00. The van der Waals surface area contributed by atoms with Crippen LogP contribution in [0.3, 0.4) is 0 Å². The lowest BCUT2D eigenvalue weighted by atomic mass is 9.80. The largest absolute Gasteiger partial charge is 0.0610 e. The van der Waals surface area contributed by atoms with Crippen LogP contribution in [0.15, 0.2) is 84.9 Å². The van der Waals surface area contributed by atoms with Crippen LogP contribution in [0.4, 0.5) is 0 Å². The molecular formula is C34H32. The maximum atomic E-state index is 2.45. The highest BCUT2D eigenvalue weighted by atomic mass is 14.2. The zero-order chi connectivity index (χ0) is 23.8. The molecule has 0 amide bonds. The van der Waals surface area contributed by atoms with Gasteiger partial charge in [-0.2, -0.15) is 0 Å². The molecule has 0 aliphatic heterocycles. The minimum absolute atomic E-state index is 0.0788. The summed E-state index contributed by atoms with van der Waals surface area (Å²) in [6, 6.07) is 32.3. The van der Waals surface area contributed by atoms with Crippen LogP contribution in [0.25, 0.3) is 54.2 Å². The van der Waals surface area contributed by atoms with Crippen LogP contribution in [0.5, 0.6) is 0 Å². The van der Waals surface area contributed by atoms with Crippen LogP contribution in [0.2, 0.25) is 0 Å². The van der Waals surface area contributed by atoms with E-state index in [1.165, 1.54) is 65.3 Å². The van der Waals surface area contributed by atoms with Gasteiger partial charge in [0.05, 0.1) is 0 Å². The van der Waals surface area contributed by atoms with Gasteiger partial charge in [0.1, 0.15) is 0 Å². The summed E-state index contributed by atoms with van der Waals surface area (Å²) in [7, 11) is 0. The Labute approximate surface area is 202 Å². The molecule has 0 N–H and O–H groups in total. The van der Waals surface area contributed by atoms with Crippen molar-refractivity contribution in [2.75, 3.05) is 0 Å². The van der Waals surface area contributed by atoms with Crippen molar-refractivity contribution in [1.29, 1.82) is 0 Å². The Bertz CT molecular complexity index is 1690. The molecule has 168 valence electrons. The molecule has 0 nitrogen and oxygen atoms in total. The van der Waals surface area contributed by atoms with E-state index in [-0.39, 0.29) is 10.8 Å². The molecule has 6 aromatic carbocycles. The van der Waals surface area contributed by atoms with Crippen LogP contribution in [-0.4, -0.2) is 0 Å². The lowest BCUT2D eigenvalue weighted by Gasteiger charge is -2.24. The minimum Gasteiger partial charge on any atom is -0.0610 e. The Morgan fingerprint density at radius 1 is 0.412 bits per heavy atom. The van der Waals surface area contributed by atoms with Crippen molar-refractivity contribution in [2.24, 2.45) is 0 Å². The van der Waals surface area contributed by atoms with Crippen molar-refractivity contribution in [3.8, 4) is 11.1 Å². The lowest BCUT2D eigenvalue weighted by Crippen LogP contribution is -2.12. The number of hydrogen-bond donors (Lipinski definition) is 0. The molecule has 0 atom stereocenters. The zero-order valence-corrected chi connectivity index (χ0v) is 21.1. The molecule has 34 heavy (non-hydrogen) atoms. The van der Waals surface area contributed by atoms with Crippen molar-refractivity contribution in [1.82, 2.24) is 0 Å². The summed E-state index contributed by atoms with van der Waals surface area (Å²) in [6.07, 6.45) is 0. The van der Waals surface area contributed by atoms with E-state index >= 15 is 0 Å². The fourth-order valence-electron chi connectivity index (χ4n) is 5.45.